The van der Waals surface area contributed by atoms with Gasteiger partial charge in [-0.05, 0) is 0 Å². The predicted molar refractivity (Wildman–Crippen MR) is 136 cm³/mol. The van der Waals surface area contributed by atoms with E-state index >= 15 is 0 Å². The van der Waals surface area contributed by atoms with E-state index in [1.165, 1.54) is 11.1 Å². The van der Waals surface area contributed by atoms with Crippen LogP contribution in [-0.2, 0) is 16.7 Å². The Morgan fingerprint density at radius 1 is 0.909 bits per heavy atom. The third-order valence-electron chi connectivity index (χ3n) is 6.32. The molecule has 1 aliphatic rings. The maximum absolute atomic E-state index is 14.0. The Hall–Kier alpha value is -2.81. The Labute approximate surface area is 203 Å². The third-order valence-corrected chi connectivity index (χ3v) is 9.08. The van der Waals surface area contributed by atoms with Crippen LogP contribution in [0.4, 0.5) is 0 Å². The van der Waals surface area contributed by atoms with Crippen LogP contribution in [-0.4, -0.2) is 32.9 Å². The molecule has 1 aliphatic heterocycles. The molecule has 1 amide bonds. The third kappa shape index (κ3) is 4.93. The van der Waals surface area contributed by atoms with Crippen LogP contribution in [0.2, 0.25) is 5.32 Å². The second-order valence-corrected chi connectivity index (χ2v) is 10.7. The van der Waals surface area contributed by atoms with Crippen molar-refractivity contribution in [3.63, 3.8) is 0 Å². The molecular weight excluding hydrogens is 473 g/mol. The number of nitrogens with zero attached hydrogens (tertiary/aromatic N) is 1. The zero-order valence-electron chi connectivity index (χ0n) is 19.6. The molecule has 0 fully saturated rings. The van der Waals surface area contributed by atoms with Crippen molar-refractivity contribution in [3.8, 4) is 5.75 Å². The van der Waals surface area contributed by atoms with Gasteiger partial charge < -0.3 is 0 Å². The summed E-state index contributed by atoms with van der Waals surface area (Å²) in [5.41, 5.74) is 5.43. The molecule has 0 radical (unpaired) electrons. The molecule has 0 N–H and O–H groups in total. The fourth-order valence-electron chi connectivity index (χ4n) is 4.64. The molecular formula is C29H31NO2Se. The molecule has 3 nitrogen and oxygen atoms in total. The van der Waals surface area contributed by atoms with E-state index in [-0.39, 0.29) is 5.91 Å². The van der Waals surface area contributed by atoms with Crippen LogP contribution in [0.5, 0.6) is 5.75 Å². The van der Waals surface area contributed by atoms with Crippen molar-refractivity contribution in [3.05, 3.63) is 107 Å². The molecule has 170 valence electrons. The van der Waals surface area contributed by atoms with Gasteiger partial charge in [0.15, 0.2) is 0 Å². The fraction of sp³-hybridized carbons (Fsp3) is 0.276. The van der Waals surface area contributed by atoms with Crippen LogP contribution in [0.25, 0.3) is 5.70 Å². The van der Waals surface area contributed by atoms with Gasteiger partial charge in [-0.1, -0.05) is 0 Å². The van der Waals surface area contributed by atoms with E-state index in [0.29, 0.717) is 21.5 Å². The molecule has 1 heterocycles. The van der Waals surface area contributed by atoms with Crippen LogP contribution >= 0.6 is 0 Å². The van der Waals surface area contributed by atoms with Crippen LogP contribution in [0, 0.1) is 5.41 Å². The molecule has 0 aromatic heterocycles. The standard InChI is InChI=1S/C29H31NO2Se/c1-4-26-27(24-15-9-6-10-16-24)30(19-23-14-11-17-25(18-23)32-3)28(31)29(26,2)21-33-20-22-12-7-5-8-13-22/h5-18H,4,19-21H2,1-3H3. The number of rotatable bonds is 9. The molecule has 0 aliphatic carbocycles. The molecule has 3 aromatic carbocycles. The van der Waals surface area contributed by atoms with E-state index in [1.807, 2.05) is 29.2 Å². The summed E-state index contributed by atoms with van der Waals surface area (Å²) in [5.74, 6) is 1.03. The van der Waals surface area contributed by atoms with Crippen LogP contribution in [0.1, 0.15) is 37.0 Å². The van der Waals surface area contributed by atoms with E-state index in [9.17, 15) is 4.79 Å². The average Bonchev–Trinajstić information content (AvgIpc) is 3.06. The fourth-order valence-corrected chi connectivity index (χ4v) is 7.23. The summed E-state index contributed by atoms with van der Waals surface area (Å²) >= 11 is 0.333. The van der Waals surface area contributed by atoms with E-state index < -0.39 is 5.41 Å². The molecule has 4 rings (SSSR count). The average molecular weight is 505 g/mol. The number of amides is 1. The van der Waals surface area contributed by atoms with E-state index in [1.54, 1.807) is 7.11 Å². The van der Waals surface area contributed by atoms with Gasteiger partial charge in [0.1, 0.15) is 0 Å². The Morgan fingerprint density at radius 2 is 1.58 bits per heavy atom. The molecule has 0 bridgehead atoms. The van der Waals surface area contributed by atoms with E-state index in [4.69, 9.17) is 4.74 Å². The topological polar surface area (TPSA) is 29.5 Å². The monoisotopic (exact) mass is 505 g/mol. The van der Waals surface area contributed by atoms with Gasteiger partial charge in [0.05, 0.1) is 0 Å². The van der Waals surface area contributed by atoms with Crippen molar-refractivity contribution >= 4 is 26.6 Å². The van der Waals surface area contributed by atoms with Gasteiger partial charge in [-0.2, -0.15) is 0 Å². The molecule has 33 heavy (non-hydrogen) atoms. The quantitative estimate of drug-likeness (QED) is 0.326. The molecule has 0 spiro atoms. The summed E-state index contributed by atoms with van der Waals surface area (Å²) in [4.78, 5) is 16.1. The predicted octanol–water partition coefficient (Wildman–Crippen LogP) is 6.19. The van der Waals surface area contributed by atoms with Crippen molar-refractivity contribution in [1.29, 1.82) is 0 Å². The first-order valence-corrected chi connectivity index (χ1v) is 13.8. The molecule has 1 atom stereocenters. The van der Waals surface area contributed by atoms with Crippen LogP contribution < -0.4 is 4.74 Å². The first-order chi connectivity index (χ1) is 16.1. The van der Waals surface area contributed by atoms with Crippen molar-refractivity contribution in [2.45, 2.75) is 37.5 Å². The van der Waals surface area contributed by atoms with E-state index in [0.717, 1.165) is 39.6 Å². The van der Waals surface area contributed by atoms with Gasteiger partial charge >= 0.3 is 204 Å². The number of carbonyl (C=O) groups is 1. The normalized spacial score (nSPS) is 18.2. The van der Waals surface area contributed by atoms with Crippen molar-refractivity contribution in [1.82, 2.24) is 4.90 Å². The Morgan fingerprint density at radius 3 is 2.24 bits per heavy atom. The zero-order valence-corrected chi connectivity index (χ0v) is 21.3. The number of hydrogen-bond donors (Lipinski definition) is 0. The van der Waals surface area contributed by atoms with Gasteiger partial charge in [-0.3, -0.25) is 0 Å². The minimum absolute atomic E-state index is 0.218. The SMILES string of the molecule is CCC1=C(c2ccccc2)N(Cc2cccc(OC)c2)C(=O)C1(C)C[Se]Cc1ccccc1. The van der Waals surface area contributed by atoms with Crippen molar-refractivity contribution < 1.29 is 9.53 Å². The molecule has 0 saturated heterocycles. The summed E-state index contributed by atoms with van der Waals surface area (Å²) in [6.07, 6.45) is 0.864. The van der Waals surface area contributed by atoms with Crippen molar-refractivity contribution in [2.24, 2.45) is 5.41 Å². The number of hydrogen-bond acceptors (Lipinski definition) is 2. The summed E-state index contributed by atoms with van der Waals surface area (Å²) in [6.45, 7) is 4.89. The Balaban J connectivity index is 1.68. The zero-order chi connectivity index (χ0) is 23.3. The van der Waals surface area contributed by atoms with E-state index in [2.05, 4.69) is 74.5 Å². The Kier molecular flexibility index (Phi) is 7.37. The van der Waals surface area contributed by atoms with Gasteiger partial charge in [-0.25, -0.2) is 0 Å². The van der Waals surface area contributed by atoms with Crippen molar-refractivity contribution in [2.75, 3.05) is 7.11 Å². The first-order valence-electron chi connectivity index (χ1n) is 11.4. The van der Waals surface area contributed by atoms with Gasteiger partial charge in [0.2, 0.25) is 0 Å². The number of benzene rings is 3. The molecule has 1 unspecified atom stereocenters. The van der Waals surface area contributed by atoms with Gasteiger partial charge in [0.25, 0.3) is 0 Å². The summed E-state index contributed by atoms with van der Waals surface area (Å²) in [7, 11) is 1.68. The number of carbonyl (C=O) groups excluding carboxylic acids is 1. The molecule has 4 heteroatoms. The second-order valence-electron chi connectivity index (χ2n) is 8.60. The Bertz CT molecular complexity index is 1130. The maximum atomic E-state index is 14.0. The first kappa shape index (κ1) is 23.4. The molecule has 3 aromatic rings. The van der Waals surface area contributed by atoms with Gasteiger partial charge in [-0.15, -0.1) is 0 Å². The number of ether oxygens (including phenoxy) is 1. The minimum atomic E-state index is -0.465. The summed E-state index contributed by atoms with van der Waals surface area (Å²) < 4.78 is 5.42. The molecule has 0 saturated carbocycles. The second kappa shape index (κ2) is 10.4. The summed E-state index contributed by atoms with van der Waals surface area (Å²) in [5, 5.41) is 1.95. The van der Waals surface area contributed by atoms with Gasteiger partial charge in [0, 0.05) is 0 Å². The van der Waals surface area contributed by atoms with Crippen LogP contribution in [0.3, 0.4) is 0 Å². The van der Waals surface area contributed by atoms with Crippen LogP contribution in [0.15, 0.2) is 90.5 Å². The number of methoxy groups -OCH3 is 1. The summed E-state index contributed by atoms with van der Waals surface area (Å²) in [6, 6.07) is 29.0.